The lowest BCUT2D eigenvalue weighted by Gasteiger charge is -2.06. The van der Waals surface area contributed by atoms with Gasteiger partial charge in [0, 0.05) is 0 Å². The Morgan fingerprint density at radius 1 is 1.27 bits per heavy atom. The molecule has 22 heavy (non-hydrogen) atoms. The van der Waals surface area contributed by atoms with E-state index < -0.39 is 5.91 Å². The molecule has 0 unspecified atom stereocenters. The lowest BCUT2D eigenvalue weighted by atomic mass is 10.1. The number of guanidine groups is 1. The summed E-state index contributed by atoms with van der Waals surface area (Å²) in [5.41, 5.74) is 6.84. The predicted molar refractivity (Wildman–Crippen MR) is 82.1 cm³/mol. The number of phenolic OH excluding ortho intramolecular Hbond substituents is 1. The van der Waals surface area contributed by atoms with Crippen molar-refractivity contribution >= 4 is 11.9 Å². The van der Waals surface area contributed by atoms with Crippen molar-refractivity contribution in [3.63, 3.8) is 0 Å². The molecule has 0 heterocycles. The first-order chi connectivity index (χ1) is 10.6. The van der Waals surface area contributed by atoms with Crippen molar-refractivity contribution in [2.45, 2.75) is 6.54 Å². The van der Waals surface area contributed by atoms with Crippen LogP contribution >= 0.6 is 0 Å². The summed E-state index contributed by atoms with van der Waals surface area (Å²) in [5, 5.41) is 20.9. The van der Waals surface area contributed by atoms with Crippen LogP contribution in [0.5, 0.6) is 5.75 Å². The van der Waals surface area contributed by atoms with Crippen LogP contribution in [0.2, 0.25) is 0 Å². The molecule has 0 aromatic heterocycles. The average Bonchev–Trinajstić information content (AvgIpc) is 2.54. The molecule has 0 fully saturated rings. The third kappa shape index (κ3) is 3.84. The summed E-state index contributed by atoms with van der Waals surface area (Å²) in [6, 6.07) is 15.3. The van der Waals surface area contributed by atoms with Gasteiger partial charge in [-0.1, -0.05) is 30.3 Å². The van der Waals surface area contributed by atoms with Crippen LogP contribution in [0.3, 0.4) is 0 Å². The zero-order chi connectivity index (χ0) is 15.9. The molecular formula is C16H14N4O2. The first-order valence-corrected chi connectivity index (χ1v) is 6.48. The lowest BCUT2D eigenvalue weighted by molar-refractivity contribution is 0.0974. The second-order valence-corrected chi connectivity index (χ2v) is 4.48. The number of carbonyl (C=O) groups is 1. The standard InChI is InChI=1S/C16H14N4O2/c17-9-12-6-7-14(21)13(8-12)15(22)20-16(18)19-10-11-4-2-1-3-5-11/h1-8,21H,10H2,(H3,18,19,20,22). The molecule has 2 aromatic carbocycles. The number of rotatable bonds is 3. The summed E-state index contributed by atoms with van der Waals surface area (Å²) in [4.78, 5) is 16.1. The number of hydrogen-bond donors (Lipinski definition) is 3. The number of phenols is 1. The number of nitrogens with one attached hydrogen (secondary N) is 1. The Morgan fingerprint density at radius 2 is 2.00 bits per heavy atom. The molecule has 0 aliphatic rings. The molecule has 6 heteroatoms. The maximum Gasteiger partial charge on any atom is 0.261 e. The molecule has 0 aliphatic heterocycles. The number of amides is 1. The molecule has 0 saturated carbocycles. The van der Waals surface area contributed by atoms with E-state index >= 15 is 0 Å². The van der Waals surface area contributed by atoms with Crippen LogP contribution in [0.4, 0.5) is 0 Å². The Labute approximate surface area is 127 Å². The Morgan fingerprint density at radius 3 is 2.68 bits per heavy atom. The molecule has 0 spiro atoms. The molecule has 1 amide bonds. The molecule has 2 aromatic rings. The topological polar surface area (TPSA) is 111 Å². The molecule has 0 aliphatic carbocycles. The van der Waals surface area contributed by atoms with Crippen LogP contribution in [0.25, 0.3) is 0 Å². The second kappa shape index (κ2) is 6.90. The van der Waals surface area contributed by atoms with E-state index in [9.17, 15) is 9.90 Å². The summed E-state index contributed by atoms with van der Waals surface area (Å²) in [6.45, 7) is 0.331. The number of hydrogen-bond acceptors (Lipinski definition) is 4. The Hall–Kier alpha value is -3.33. The van der Waals surface area contributed by atoms with Crippen LogP contribution < -0.4 is 11.1 Å². The van der Waals surface area contributed by atoms with E-state index in [4.69, 9.17) is 11.0 Å². The van der Waals surface area contributed by atoms with Crippen molar-refractivity contribution in [1.29, 1.82) is 5.26 Å². The molecule has 2 rings (SSSR count). The minimum absolute atomic E-state index is 0.0306. The van der Waals surface area contributed by atoms with Crippen LogP contribution in [0.1, 0.15) is 21.5 Å². The third-order valence-corrected chi connectivity index (χ3v) is 2.89. The first kappa shape index (κ1) is 15.1. The van der Waals surface area contributed by atoms with Gasteiger partial charge >= 0.3 is 0 Å². The molecule has 0 radical (unpaired) electrons. The van der Waals surface area contributed by atoms with Gasteiger partial charge < -0.3 is 10.8 Å². The highest BCUT2D eigenvalue weighted by atomic mass is 16.3. The number of aromatic hydroxyl groups is 1. The summed E-state index contributed by atoms with van der Waals surface area (Å²) in [6.07, 6.45) is 0. The van der Waals surface area contributed by atoms with Crippen molar-refractivity contribution in [3.8, 4) is 11.8 Å². The van der Waals surface area contributed by atoms with Gasteiger partial charge in [0.2, 0.25) is 0 Å². The lowest BCUT2D eigenvalue weighted by Crippen LogP contribution is -2.36. The van der Waals surface area contributed by atoms with Gasteiger partial charge in [-0.2, -0.15) is 5.26 Å². The summed E-state index contributed by atoms with van der Waals surface area (Å²) >= 11 is 0. The van der Waals surface area contributed by atoms with Gasteiger partial charge in [-0.25, -0.2) is 4.99 Å². The minimum atomic E-state index is -0.621. The predicted octanol–water partition coefficient (Wildman–Crippen LogP) is 1.51. The summed E-state index contributed by atoms with van der Waals surface area (Å²) in [5.74, 6) is -0.910. The third-order valence-electron chi connectivity index (χ3n) is 2.89. The normalized spacial score (nSPS) is 10.8. The van der Waals surface area contributed by atoms with Crippen molar-refractivity contribution in [3.05, 3.63) is 65.2 Å². The largest absolute Gasteiger partial charge is 0.507 e. The molecule has 0 saturated heterocycles. The minimum Gasteiger partial charge on any atom is -0.507 e. The SMILES string of the molecule is N#Cc1ccc(O)c(C(=O)NC(N)=NCc2ccccc2)c1. The van der Waals surface area contributed by atoms with E-state index in [1.807, 2.05) is 36.4 Å². The fourth-order valence-corrected chi connectivity index (χ4v) is 1.77. The van der Waals surface area contributed by atoms with Crippen molar-refractivity contribution in [1.82, 2.24) is 5.32 Å². The molecule has 0 bridgehead atoms. The Kier molecular flexibility index (Phi) is 4.73. The quantitative estimate of drug-likeness (QED) is 0.588. The maximum atomic E-state index is 12.0. The van der Waals surface area contributed by atoms with Gasteiger partial charge in [0.1, 0.15) is 5.75 Å². The smallest absolute Gasteiger partial charge is 0.261 e. The average molecular weight is 294 g/mol. The van der Waals surface area contributed by atoms with Gasteiger partial charge in [0.15, 0.2) is 5.96 Å². The van der Waals surface area contributed by atoms with Crippen LogP contribution in [0, 0.1) is 11.3 Å². The highest BCUT2D eigenvalue weighted by molar-refractivity contribution is 6.06. The highest BCUT2D eigenvalue weighted by Crippen LogP contribution is 2.17. The zero-order valence-electron chi connectivity index (χ0n) is 11.7. The highest BCUT2D eigenvalue weighted by Gasteiger charge is 2.12. The fraction of sp³-hybridized carbons (Fsp3) is 0.0625. The van der Waals surface area contributed by atoms with Gasteiger partial charge in [-0.3, -0.25) is 10.1 Å². The molecule has 0 atom stereocenters. The number of carbonyl (C=O) groups excluding carboxylic acids is 1. The fourth-order valence-electron chi connectivity index (χ4n) is 1.77. The molecule has 6 nitrogen and oxygen atoms in total. The summed E-state index contributed by atoms with van der Waals surface area (Å²) < 4.78 is 0. The maximum absolute atomic E-state index is 12.0. The van der Waals surface area contributed by atoms with Gasteiger partial charge in [-0.15, -0.1) is 0 Å². The monoisotopic (exact) mass is 294 g/mol. The first-order valence-electron chi connectivity index (χ1n) is 6.48. The molecular weight excluding hydrogens is 280 g/mol. The van der Waals surface area contributed by atoms with E-state index in [0.29, 0.717) is 6.54 Å². The number of nitriles is 1. The number of nitrogens with two attached hydrogens (primary N) is 1. The van der Waals surface area contributed by atoms with E-state index in [1.165, 1.54) is 18.2 Å². The molecule has 4 N–H and O–H groups in total. The van der Waals surface area contributed by atoms with Crippen molar-refractivity contribution < 1.29 is 9.90 Å². The van der Waals surface area contributed by atoms with Gasteiger partial charge in [0.05, 0.1) is 23.7 Å². The van der Waals surface area contributed by atoms with Crippen LogP contribution in [0.15, 0.2) is 53.5 Å². The number of benzene rings is 2. The number of aliphatic imine (C=N–C) groups is 1. The van der Waals surface area contributed by atoms with E-state index in [-0.39, 0.29) is 22.8 Å². The van der Waals surface area contributed by atoms with Gasteiger partial charge in [-0.05, 0) is 23.8 Å². The van der Waals surface area contributed by atoms with Crippen LogP contribution in [-0.4, -0.2) is 17.0 Å². The van der Waals surface area contributed by atoms with E-state index in [0.717, 1.165) is 5.56 Å². The zero-order valence-corrected chi connectivity index (χ0v) is 11.7. The van der Waals surface area contributed by atoms with Crippen molar-refractivity contribution in [2.75, 3.05) is 0 Å². The van der Waals surface area contributed by atoms with Crippen LogP contribution in [-0.2, 0) is 6.54 Å². The Bertz CT molecular complexity index is 748. The number of nitrogens with zero attached hydrogens (tertiary/aromatic N) is 2. The van der Waals surface area contributed by atoms with Gasteiger partial charge in [0.25, 0.3) is 5.91 Å². The van der Waals surface area contributed by atoms with Crippen molar-refractivity contribution in [2.24, 2.45) is 10.7 Å². The Balaban J connectivity index is 2.07. The summed E-state index contributed by atoms with van der Waals surface area (Å²) in [7, 11) is 0. The van der Waals surface area contributed by atoms with E-state index in [1.54, 1.807) is 0 Å². The second-order valence-electron chi connectivity index (χ2n) is 4.48. The molecule has 110 valence electrons. The van der Waals surface area contributed by atoms with E-state index in [2.05, 4.69) is 10.3 Å².